The van der Waals surface area contributed by atoms with Gasteiger partial charge < -0.3 is 28.5 Å². The number of unbranched alkanes of at least 4 members (excludes halogenated alkanes) is 14. The normalized spacial score (nSPS) is 13.2. The number of ether oxygens (including phenoxy) is 4. The van der Waals surface area contributed by atoms with E-state index in [2.05, 4.69) is 26.0 Å². The summed E-state index contributed by atoms with van der Waals surface area (Å²) in [6.07, 6.45) is 21.7. The molecule has 2 unspecified atom stereocenters. The van der Waals surface area contributed by atoms with E-state index in [1.165, 1.54) is 38.5 Å². The van der Waals surface area contributed by atoms with Crippen LogP contribution < -0.4 is 0 Å². The predicted molar refractivity (Wildman–Crippen MR) is 175 cm³/mol. The molecular weight excluding hydrogens is 562 g/mol. The van der Waals surface area contributed by atoms with Crippen LogP contribution in [-0.2, 0) is 33.3 Å². The Kier molecular flexibility index (Phi) is 27.2. The molecule has 0 spiro atoms. The number of carboxylic acid groups (broad SMARTS) is 1. The first kappa shape index (κ1) is 42.0. The Bertz CT molecular complexity index is 750. The van der Waals surface area contributed by atoms with Gasteiger partial charge in [0, 0.05) is 12.8 Å². The van der Waals surface area contributed by atoms with Crippen molar-refractivity contribution in [3.63, 3.8) is 0 Å². The lowest BCUT2D eigenvalue weighted by Crippen LogP contribution is -2.40. The van der Waals surface area contributed by atoms with Gasteiger partial charge in [-0.1, -0.05) is 96.6 Å². The third-order valence-corrected chi connectivity index (χ3v) is 7.27. The van der Waals surface area contributed by atoms with Crippen molar-refractivity contribution in [3.8, 4) is 0 Å². The van der Waals surface area contributed by atoms with Crippen molar-refractivity contribution in [1.29, 1.82) is 0 Å². The molecule has 0 aliphatic carbocycles. The number of nitrogens with zero attached hydrogens (tertiary/aromatic N) is 1. The molecule has 1 N–H and O–H groups in total. The van der Waals surface area contributed by atoms with Crippen LogP contribution in [-0.4, -0.2) is 87.4 Å². The zero-order valence-electron chi connectivity index (χ0n) is 28.8. The summed E-state index contributed by atoms with van der Waals surface area (Å²) >= 11 is 0. The largest absolute Gasteiger partial charge is 0.477 e. The third kappa shape index (κ3) is 28.8. The van der Waals surface area contributed by atoms with E-state index in [-0.39, 0.29) is 32.2 Å². The predicted octanol–water partition coefficient (Wildman–Crippen LogP) is 7.60. The average Bonchev–Trinajstić information content (AvgIpc) is 2.96. The molecule has 0 aromatic rings. The smallest absolute Gasteiger partial charge is 0.361 e. The van der Waals surface area contributed by atoms with E-state index in [1.54, 1.807) is 0 Å². The standard InChI is InChI=1S/C35H65NO8/c1-6-8-10-12-13-14-15-16-17-18-19-20-22-24-26-33(38)44-31(29-42-32(37)25-23-21-11-9-7-2)30-43-35(34(39)40)41-28-27-36(3,4)5/h15-16,31,35H,6-14,17-30H2,1-5H3/p+1/b16-15-. The molecule has 44 heavy (non-hydrogen) atoms. The van der Waals surface area contributed by atoms with Gasteiger partial charge in [-0.15, -0.1) is 0 Å². The summed E-state index contributed by atoms with van der Waals surface area (Å²) < 4.78 is 22.4. The second kappa shape index (κ2) is 28.5. The van der Waals surface area contributed by atoms with Crippen LogP contribution >= 0.6 is 0 Å². The molecule has 0 aliphatic heterocycles. The minimum Gasteiger partial charge on any atom is -0.477 e. The minimum atomic E-state index is -1.50. The van der Waals surface area contributed by atoms with E-state index in [1.807, 2.05) is 21.1 Å². The monoisotopic (exact) mass is 628 g/mol. The van der Waals surface area contributed by atoms with Crippen LogP contribution in [0.2, 0.25) is 0 Å². The summed E-state index contributed by atoms with van der Waals surface area (Å²) in [7, 11) is 5.93. The highest BCUT2D eigenvalue weighted by Crippen LogP contribution is 2.12. The molecule has 9 heteroatoms. The molecule has 0 amide bonds. The van der Waals surface area contributed by atoms with Crippen LogP contribution in [0.25, 0.3) is 0 Å². The second-order valence-corrected chi connectivity index (χ2v) is 12.8. The van der Waals surface area contributed by atoms with Gasteiger partial charge in [-0.2, -0.15) is 0 Å². The number of quaternary nitrogens is 1. The van der Waals surface area contributed by atoms with Gasteiger partial charge in [0.15, 0.2) is 6.10 Å². The average molecular weight is 629 g/mol. The maximum Gasteiger partial charge on any atom is 0.361 e. The van der Waals surface area contributed by atoms with E-state index in [0.29, 0.717) is 23.9 Å². The van der Waals surface area contributed by atoms with E-state index in [9.17, 15) is 19.5 Å². The van der Waals surface area contributed by atoms with Crippen LogP contribution in [0.3, 0.4) is 0 Å². The molecular formula is C35H66NO8+. The number of carbonyl (C=O) groups excluding carboxylic acids is 2. The van der Waals surface area contributed by atoms with E-state index in [4.69, 9.17) is 18.9 Å². The van der Waals surface area contributed by atoms with Crippen molar-refractivity contribution >= 4 is 17.9 Å². The third-order valence-electron chi connectivity index (χ3n) is 7.27. The first-order valence-electron chi connectivity index (χ1n) is 17.4. The quantitative estimate of drug-likeness (QED) is 0.0275. The molecule has 0 heterocycles. The van der Waals surface area contributed by atoms with E-state index in [0.717, 1.165) is 64.2 Å². The van der Waals surface area contributed by atoms with Gasteiger partial charge in [0.1, 0.15) is 13.2 Å². The molecule has 0 rings (SSSR count). The van der Waals surface area contributed by atoms with Crippen molar-refractivity contribution in [2.45, 2.75) is 148 Å². The summed E-state index contributed by atoms with van der Waals surface area (Å²) in [5.41, 5.74) is 0. The number of rotatable bonds is 31. The molecule has 0 fully saturated rings. The van der Waals surface area contributed by atoms with Gasteiger partial charge in [0.2, 0.25) is 0 Å². The summed E-state index contributed by atoms with van der Waals surface area (Å²) in [6.45, 7) is 4.73. The second-order valence-electron chi connectivity index (χ2n) is 12.8. The molecule has 258 valence electrons. The first-order valence-corrected chi connectivity index (χ1v) is 17.4. The molecule has 0 bridgehead atoms. The summed E-state index contributed by atoms with van der Waals surface area (Å²) in [5, 5.41) is 9.52. The van der Waals surface area contributed by atoms with Crippen molar-refractivity contribution in [2.24, 2.45) is 0 Å². The highest BCUT2D eigenvalue weighted by atomic mass is 16.7. The Morgan fingerprint density at radius 2 is 1.16 bits per heavy atom. The Morgan fingerprint density at radius 1 is 0.659 bits per heavy atom. The summed E-state index contributed by atoms with van der Waals surface area (Å²) in [4.78, 5) is 36.5. The number of likely N-dealkylation sites (N-methyl/N-ethyl adjacent to an activating group) is 1. The Morgan fingerprint density at radius 3 is 1.68 bits per heavy atom. The Balaban J connectivity index is 4.51. The number of carbonyl (C=O) groups is 3. The van der Waals surface area contributed by atoms with Gasteiger partial charge >= 0.3 is 17.9 Å². The lowest BCUT2D eigenvalue weighted by atomic mass is 10.1. The van der Waals surface area contributed by atoms with Crippen molar-refractivity contribution in [1.82, 2.24) is 0 Å². The lowest BCUT2D eigenvalue weighted by molar-refractivity contribution is -0.870. The molecule has 0 aromatic heterocycles. The first-order chi connectivity index (χ1) is 21.1. The van der Waals surface area contributed by atoms with Crippen molar-refractivity contribution in [3.05, 3.63) is 12.2 Å². The maximum atomic E-state index is 12.6. The van der Waals surface area contributed by atoms with Crippen LogP contribution in [0.1, 0.15) is 136 Å². The molecule has 0 aliphatic rings. The highest BCUT2D eigenvalue weighted by Gasteiger charge is 2.25. The van der Waals surface area contributed by atoms with Gasteiger partial charge in [0.25, 0.3) is 6.29 Å². The van der Waals surface area contributed by atoms with Crippen LogP contribution in [0.15, 0.2) is 12.2 Å². The molecule has 9 nitrogen and oxygen atoms in total. The number of aliphatic carboxylic acids is 1. The Labute approximate surface area is 268 Å². The zero-order valence-corrected chi connectivity index (χ0v) is 28.8. The van der Waals surface area contributed by atoms with Gasteiger partial charge in [-0.3, -0.25) is 9.59 Å². The molecule has 0 saturated heterocycles. The fourth-order valence-corrected chi connectivity index (χ4v) is 4.47. The van der Waals surface area contributed by atoms with Crippen LogP contribution in [0.4, 0.5) is 0 Å². The maximum absolute atomic E-state index is 12.6. The van der Waals surface area contributed by atoms with Crippen molar-refractivity contribution in [2.75, 3.05) is 47.5 Å². The summed E-state index contributed by atoms with van der Waals surface area (Å²) in [5.74, 6) is -2.04. The summed E-state index contributed by atoms with van der Waals surface area (Å²) in [6, 6.07) is 0. The highest BCUT2D eigenvalue weighted by molar-refractivity contribution is 5.71. The van der Waals surface area contributed by atoms with Gasteiger partial charge in [0.05, 0.1) is 34.4 Å². The van der Waals surface area contributed by atoms with E-state index < -0.39 is 24.3 Å². The number of allylic oxidation sites excluding steroid dienone is 2. The van der Waals surface area contributed by atoms with Crippen LogP contribution in [0, 0.1) is 0 Å². The van der Waals surface area contributed by atoms with Gasteiger partial charge in [-0.25, -0.2) is 4.79 Å². The lowest BCUT2D eigenvalue weighted by Gasteiger charge is -2.25. The topological polar surface area (TPSA) is 108 Å². The molecule has 0 radical (unpaired) electrons. The number of carboxylic acids is 1. The molecule has 0 saturated carbocycles. The number of hydrogen-bond donors (Lipinski definition) is 1. The van der Waals surface area contributed by atoms with Gasteiger partial charge in [-0.05, 0) is 38.5 Å². The molecule has 2 atom stereocenters. The molecule has 0 aromatic carbocycles. The fraction of sp³-hybridized carbons (Fsp3) is 0.857. The fourth-order valence-electron chi connectivity index (χ4n) is 4.47. The Hall–Kier alpha value is -1.97. The SMILES string of the molecule is CCCCCCC/C=C\CCCCCCCC(=O)OC(COC(=O)CCCCCCC)COC(OCC[N+](C)(C)C)C(=O)O. The van der Waals surface area contributed by atoms with Crippen LogP contribution in [0.5, 0.6) is 0 Å². The van der Waals surface area contributed by atoms with Crippen molar-refractivity contribution < 1.29 is 42.9 Å². The number of esters is 2. The number of hydrogen-bond acceptors (Lipinski definition) is 7. The minimum absolute atomic E-state index is 0.184. The van der Waals surface area contributed by atoms with E-state index >= 15 is 0 Å². The zero-order chi connectivity index (χ0) is 32.9.